The summed E-state index contributed by atoms with van der Waals surface area (Å²) in [5, 5.41) is 3.66. The van der Waals surface area contributed by atoms with E-state index < -0.39 is 5.60 Å². The van der Waals surface area contributed by atoms with E-state index in [0.29, 0.717) is 12.0 Å². The van der Waals surface area contributed by atoms with Crippen molar-refractivity contribution in [3.05, 3.63) is 0 Å². The number of rotatable bonds is 4. The summed E-state index contributed by atoms with van der Waals surface area (Å²) in [6.07, 6.45) is 4.80. The van der Waals surface area contributed by atoms with Crippen LogP contribution in [0.5, 0.6) is 0 Å². The summed E-state index contributed by atoms with van der Waals surface area (Å²) in [5.41, 5.74) is -0.394. The van der Waals surface area contributed by atoms with E-state index in [1.807, 2.05) is 25.7 Å². The Hall–Kier alpha value is -0.770. The Balaban J connectivity index is 1.65. The first-order valence-electron chi connectivity index (χ1n) is 8.06. The predicted molar refractivity (Wildman–Crippen MR) is 80.7 cm³/mol. The highest BCUT2D eigenvalue weighted by molar-refractivity contribution is 5.68. The molecule has 4 nitrogen and oxygen atoms in total. The van der Waals surface area contributed by atoms with Gasteiger partial charge in [-0.25, -0.2) is 4.79 Å². The van der Waals surface area contributed by atoms with E-state index in [1.54, 1.807) is 0 Å². The molecule has 0 bridgehead atoms. The van der Waals surface area contributed by atoms with Gasteiger partial charge in [-0.3, -0.25) is 0 Å². The molecule has 0 aromatic carbocycles. The maximum Gasteiger partial charge on any atom is 0.410 e. The van der Waals surface area contributed by atoms with Crippen molar-refractivity contribution >= 4 is 6.09 Å². The van der Waals surface area contributed by atoms with E-state index >= 15 is 0 Å². The molecule has 1 unspecified atom stereocenters. The fourth-order valence-corrected chi connectivity index (χ4v) is 2.76. The lowest BCUT2D eigenvalue weighted by Gasteiger charge is -2.34. The van der Waals surface area contributed by atoms with E-state index in [2.05, 4.69) is 12.2 Å². The molecule has 4 heteroatoms. The maximum atomic E-state index is 12.0. The molecular formula is C16H30N2O2. The van der Waals surface area contributed by atoms with Gasteiger partial charge >= 0.3 is 6.09 Å². The normalized spacial score (nSPS) is 22.7. The molecule has 2 rings (SSSR count). The van der Waals surface area contributed by atoms with Crippen LogP contribution in [-0.4, -0.2) is 42.3 Å². The van der Waals surface area contributed by atoms with Crippen molar-refractivity contribution in [2.45, 2.75) is 65.0 Å². The van der Waals surface area contributed by atoms with E-state index in [0.717, 1.165) is 38.4 Å². The molecule has 2 aliphatic rings. The van der Waals surface area contributed by atoms with Crippen molar-refractivity contribution in [2.24, 2.45) is 11.8 Å². The van der Waals surface area contributed by atoms with Gasteiger partial charge in [0.2, 0.25) is 0 Å². The van der Waals surface area contributed by atoms with Gasteiger partial charge in [-0.1, -0.05) is 0 Å². The second-order valence-electron chi connectivity index (χ2n) is 7.45. The van der Waals surface area contributed by atoms with Crippen LogP contribution in [0.2, 0.25) is 0 Å². The molecule has 2 fully saturated rings. The first-order valence-corrected chi connectivity index (χ1v) is 8.06. The van der Waals surface area contributed by atoms with Crippen LogP contribution in [-0.2, 0) is 4.74 Å². The van der Waals surface area contributed by atoms with Crippen LogP contribution in [0, 0.1) is 11.8 Å². The van der Waals surface area contributed by atoms with Crippen molar-refractivity contribution in [3.8, 4) is 0 Å². The molecule has 0 aromatic rings. The summed E-state index contributed by atoms with van der Waals surface area (Å²) < 4.78 is 5.42. The summed E-state index contributed by atoms with van der Waals surface area (Å²) >= 11 is 0. The minimum atomic E-state index is -0.394. The van der Waals surface area contributed by atoms with Crippen molar-refractivity contribution in [1.82, 2.24) is 10.2 Å². The number of hydrogen-bond acceptors (Lipinski definition) is 3. The third-order valence-corrected chi connectivity index (χ3v) is 4.32. The van der Waals surface area contributed by atoms with Crippen LogP contribution < -0.4 is 5.32 Å². The second-order valence-corrected chi connectivity index (χ2v) is 7.45. The molecule has 1 amide bonds. The van der Waals surface area contributed by atoms with Crippen LogP contribution >= 0.6 is 0 Å². The summed E-state index contributed by atoms with van der Waals surface area (Å²) in [5.74, 6) is 1.62. The monoisotopic (exact) mass is 282 g/mol. The highest BCUT2D eigenvalue weighted by atomic mass is 16.6. The number of amides is 1. The lowest BCUT2D eigenvalue weighted by molar-refractivity contribution is 0.0183. The van der Waals surface area contributed by atoms with Crippen molar-refractivity contribution < 1.29 is 9.53 Å². The Bertz CT molecular complexity index is 326. The topological polar surface area (TPSA) is 41.6 Å². The average molecular weight is 282 g/mol. The number of piperidine rings is 1. The zero-order chi connectivity index (χ0) is 14.8. The number of nitrogens with zero attached hydrogens (tertiary/aromatic N) is 1. The molecule has 0 aromatic heterocycles. The van der Waals surface area contributed by atoms with Gasteiger partial charge in [-0.2, -0.15) is 0 Å². The zero-order valence-electron chi connectivity index (χ0n) is 13.4. The third-order valence-electron chi connectivity index (χ3n) is 4.32. The van der Waals surface area contributed by atoms with Gasteiger partial charge in [0.05, 0.1) is 0 Å². The van der Waals surface area contributed by atoms with E-state index in [1.165, 1.54) is 12.8 Å². The van der Waals surface area contributed by atoms with Gasteiger partial charge in [0, 0.05) is 19.1 Å². The van der Waals surface area contributed by atoms with Crippen LogP contribution in [0.1, 0.15) is 53.4 Å². The van der Waals surface area contributed by atoms with Crippen LogP contribution in [0.15, 0.2) is 0 Å². The second kappa shape index (κ2) is 6.33. The fourth-order valence-electron chi connectivity index (χ4n) is 2.76. The Morgan fingerprint density at radius 3 is 2.35 bits per heavy atom. The minimum Gasteiger partial charge on any atom is -0.444 e. The highest BCUT2D eigenvalue weighted by Crippen LogP contribution is 2.32. The quantitative estimate of drug-likeness (QED) is 0.862. The summed E-state index contributed by atoms with van der Waals surface area (Å²) in [4.78, 5) is 13.8. The van der Waals surface area contributed by atoms with Crippen LogP contribution in [0.4, 0.5) is 4.79 Å². The first kappa shape index (κ1) is 15.6. The highest BCUT2D eigenvalue weighted by Gasteiger charge is 2.30. The predicted octanol–water partition coefficient (Wildman–Crippen LogP) is 3.02. The maximum absolute atomic E-state index is 12.0. The van der Waals surface area contributed by atoms with Gasteiger partial charge in [-0.05, 0) is 71.8 Å². The number of carbonyl (C=O) groups is 1. The number of likely N-dealkylation sites (tertiary alicyclic amines) is 1. The lowest BCUT2D eigenvalue weighted by Crippen LogP contribution is -2.44. The molecule has 1 N–H and O–H groups in total. The molecule has 20 heavy (non-hydrogen) atoms. The number of hydrogen-bond donors (Lipinski definition) is 1. The SMILES string of the molecule is CC(NCC1CCN(C(=O)OC(C)(C)C)CC1)C1CC1. The van der Waals surface area contributed by atoms with Crippen molar-refractivity contribution in [2.75, 3.05) is 19.6 Å². The molecular weight excluding hydrogens is 252 g/mol. The molecule has 1 atom stereocenters. The Labute approximate surface area is 123 Å². The summed E-state index contributed by atoms with van der Waals surface area (Å²) in [6, 6.07) is 0.666. The Kier molecular flexibility index (Phi) is 4.95. The third kappa shape index (κ3) is 4.97. The first-order chi connectivity index (χ1) is 9.35. The number of ether oxygens (including phenoxy) is 1. The molecule has 1 aliphatic heterocycles. The molecule has 0 spiro atoms. The van der Waals surface area contributed by atoms with Gasteiger partial charge in [0.1, 0.15) is 5.60 Å². The average Bonchev–Trinajstić information content (AvgIpc) is 3.18. The summed E-state index contributed by atoms with van der Waals surface area (Å²) in [6.45, 7) is 10.8. The molecule has 116 valence electrons. The van der Waals surface area contributed by atoms with Gasteiger partial charge in [0.15, 0.2) is 0 Å². The molecule has 1 aliphatic carbocycles. The Morgan fingerprint density at radius 2 is 1.85 bits per heavy atom. The standard InChI is InChI=1S/C16H30N2O2/c1-12(14-5-6-14)17-11-13-7-9-18(10-8-13)15(19)20-16(2,3)4/h12-14,17H,5-11H2,1-4H3. The molecule has 1 heterocycles. The minimum absolute atomic E-state index is 0.157. The Morgan fingerprint density at radius 1 is 1.25 bits per heavy atom. The largest absolute Gasteiger partial charge is 0.444 e. The van der Waals surface area contributed by atoms with Crippen LogP contribution in [0.3, 0.4) is 0 Å². The van der Waals surface area contributed by atoms with Crippen molar-refractivity contribution in [3.63, 3.8) is 0 Å². The van der Waals surface area contributed by atoms with Gasteiger partial charge < -0.3 is 15.0 Å². The lowest BCUT2D eigenvalue weighted by atomic mass is 9.96. The van der Waals surface area contributed by atoms with E-state index in [4.69, 9.17) is 4.74 Å². The number of carbonyl (C=O) groups excluding carboxylic acids is 1. The molecule has 1 saturated heterocycles. The van der Waals surface area contributed by atoms with Crippen LogP contribution in [0.25, 0.3) is 0 Å². The number of nitrogens with one attached hydrogen (secondary N) is 1. The smallest absolute Gasteiger partial charge is 0.410 e. The van der Waals surface area contributed by atoms with Gasteiger partial charge in [-0.15, -0.1) is 0 Å². The van der Waals surface area contributed by atoms with E-state index in [9.17, 15) is 4.79 Å². The fraction of sp³-hybridized carbons (Fsp3) is 0.938. The zero-order valence-corrected chi connectivity index (χ0v) is 13.4. The van der Waals surface area contributed by atoms with E-state index in [-0.39, 0.29) is 6.09 Å². The van der Waals surface area contributed by atoms with Gasteiger partial charge in [0.25, 0.3) is 0 Å². The van der Waals surface area contributed by atoms with Crippen molar-refractivity contribution in [1.29, 1.82) is 0 Å². The molecule has 0 radical (unpaired) electrons. The molecule has 1 saturated carbocycles. The summed E-state index contributed by atoms with van der Waals surface area (Å²) in [7, 11) is 0.